The van der Waals surface area contributed by atoms with E-state index in [1.54, 1.807) is 14.0 Å². The van der Waals surface area contributed by atoms with Gasteiger partial charge < -0.3 is 14.6 Å². The van der Waals surface area contributed by atoms with E-state index in [1.165, 1.54) is 0 Å². The van der Waals surface area contributed by atoms with Crippen LogP contribution in [0.1, 0.15) is 31.4 Å². The number of methoxy groups -OCH3 is 1. The van der Waals surface area contributed by atoms with Gasteiger partial charge in [0.1, 0.15) is 0 Å². The average molecular weight is 208 g/mol. The molecule has 0 heterocycles. The number of rotatable bonds is 4. The highest BCUT2D eigenvalue weighted by Gasteiger charge is 2.26. The second-order valence-electron chi connectivity index (χ2n) is 3.87. The molecule has 3 nitrogen and oxygen atoms in total. The van der Waals surface area contributed by atoms with Gasteiger partial charge in [-0.3, -0.25) is 0 Å². The Hall–Kier alpha value is -1.22. The highest BCUT2D eigenvalue weighted by Crippen LogP contribution is 2.38. The summed E-state index contributed by atoms with van der Waals surface area (Å²) < 4.78 is 11.0. The SMILES string of the molecule is COc1cccc(C(C)O)c1OC1CC1. The number of hydrogen-bond donors (Lipinski definition) is 1. The summed E-state index contributed by atoms with van der Waals surface area (Å²) in [4.78, 5) is 0. The molecular formula is C12H16O3. The lowest BCUT2D eigenvalue weighted by Crippen LogP contribution is -2.04. The first-order valence-corrected chi connectivity index (χ1v) is 5.24. The zero-order chi connectivity index (χ0) is 10.8. The van der Waals surface area contributed by atoms with Gasteiger partial charge in [0.25, 0.3) is 0 Å². The fourth-order valence-electron chi connectivity index (χ4n) is 1.50. The van der Waals surface area contributed by atoms with Crippen molar-refractivity contribution in [1.82, 2.24) is 0 Å². The van der Waals surface area contributed by atoms with E-state index in [0.29, 0.717) is 17.6 Å². The minimum Gasteiger partial charge on any atom is -0.493 e. The quantitative estimate of drug-likeness (QED) is 0.825. The summed E-state index contributed by atoms with van der Waals surface area (Å²) in [7, 11) is 1.61. The van der Waals surface area contributed by atoms with E-state index in [2.05, 4.69) is 0 Å². The Morgan fingerprint density at radius 1 is 1.40 bits per heavy atom. The lowest BCUT2D eigenvalue weighted by atomic mass is 10.1. The molecule has 0 amide bonds. The Kier molecular flexibility index (Phi) is 2.82. The van der Waals surface area contributed by atoms with Crippen molar-refractivity contribution < 1.29 is 14.6 Å². The molecule has 2 rings (SSSR count). The molecule has 1 unspecified atom stereocenters. The minimum absolute atomic E-state index is 0.304. The van der Waals surface area contributed by atoms with Gasteiger partial charge in [-0.05, 0) is 25.8 Å². The molecule has 1 fully saturated rings. The van der Waals surface area contributed by atoms with Crippen LogP contribution in [0.5, 0.6) is 11.5 Å². The van der Waals surface area contributed by atoms with Crippen molar-refractivity contribution in [2.24, 2.45) is 0 Å². The van der Waals surface area contributed by atoms with Crippen LogP contribution in [-0.4, -0.2) is 18.3 Å². The number of hydrogen-bond acceptors (Lipinski definition) is 3. The molecule has 0 bridgehead atoms. The van der Waals surface area contributed by atoms with Crippen molar-refractivity contribution in [2.75, 3.05) is 7.11 Å². The maximum Gasteiger partial charge on any atom is 0.167 e. The second-order valence-corrected chi connectivity index (χ2v) is 3.87. The van der Waals surface area contributed by atoms with E-state index in [0.717, 1.165) is 18.4 Å². The van der Waals surface area contributed by atoms with Crippen LogP contribution < -0.4 is 9.47 Å². The van der Waals surface area contributed by atoms with E-state index in [9.17, 15) is 5.11 Å². The van der Waals surface area contributed by atoms with Gasteiger partial charge in [0.2, 0.25) is 0 Å². The average Bonchev–Trinajstić information content (AvgIpc) is 3.01. The Labute approximate surface area is 89.6 Å². The lowest BCUT2D eigenvalue weighted by Gasteiger charge is -2.16. The molecule has 0 aliphatic heterocycles. The first-order chi connectivity index (χ1) is 7.22. The van der Waals surface area contributed by atoms with Gasteiger partial charge in [-0.2, -0.15) is 0 Å². The normalized spacial score (nSPS) is 17.3. The molecule has 1 saturated carbocycles. The predicted octanol–water partition coefficient (Wildman–Crippen LogP) is 2.29. The summed E-state index contributed by atoms with van der Waals surface area (Å²) in [6, 6.07) is 5.58. The van der Waals surface area contributed by atoms with Gasteiger partial charge in [0, 0.05) is 5.56 Å². The van der Waals surface area contributed by atoms with Gasteiger partial charge in [-0.1, -0.05) is 12.1 Å². The largest absolute Gasteiger partial charge is 0.493 e. The highest BCUT2D eigenvalue weighted by atomic mass is 16.5. The van der Waals surface area contributed by atoms with Crippen LogP contribution in [0, 0.1) is 0 Å². The number of para-hydroxylation sites is 1. The molecule has 1 N–H and O–H groups in total. The van der Waals surface area contributed by atoms with E-state index < -0.39 is 6.10 Å². The van der Waals surface area contributed by atoms with Crippen molar-refractivity contribution in [1.29, 1.82) is 0 Å². The van der Waals surface area contributed by atoms with Gasteiger partial charge in [0.15, 0.2) is 11.5 Å². The van der Waals surface area contributed by atoms with Gasteiger partial charge in [-0.25, -0.2) is 0 Å². The fourth-order valence-corrected chi connectivity index (χ4v) is 1.50. The molecule has 1 aliphatic rings. The van der Waals surface area contributed by atoms with Crippen LogP contribution in [-0.2, 0) is 0 Å². The summed E-state index contributed by atoms with van der Waals surface area (Å²) in [5, 5.41) is 9.62. The summed E-state index contributed by atoms with van der Waals surface area (Å²) in [6.07, 6.45) is 1.96. The summed E-state index contributed by atoms with van der Waals surface area (Å²) in [5.74, 6) is 1.39. The van der Waals surface area contributed by atoms with Crippen LogP contribution >= 0.6 is 0 Å². The maximum absolute atomic E-state index is 9.62. The summed E-state index contributed by atoms with van der Waals surface area (Å²) in [6.45, 7) is 1.73. The first-order valence-electron chi connectivity index (χ1n) is 5.24. The lowest BCUT2D eigenvalue weighted by molar-refractivity contribution is 0.187. The fraction of sp³-hybridized carbons (Fsp3) is 0.500. The number of aliphatic hydroxyl groups is 1. The van der Waals surface area contributed by atoms with Crippen LogP contribution in [0.3, 0.4) is 0 Å². The predicted molar refractivity (Wildman–Crippen MR) is 57.3 cm³/mol. The Balaban J connectivity index is 2.34. The van der Waals surface area contributed by atoms with Crippen molar-refractivity contribution in [2.45, 2.75) is 32.0 Å². The molecule has 1 aromatic carbocycles. The second kappa shape index (κ2) is 4.11. The van der Waals surface area contributed by atoms with E-state index in [-0.39, 0.29) is 0 Å². The zero-order valence-corrected chi connectivity index (χ0v) is 9.06. The Morgan fingerprint density at radius 2 is 2.13 bits per heavy atom. The van der Waals surface area contributed by atoms with Crippen molar-refractivity contribution in [3.63, 3.8) is 0 Å². The molecule has 82 valence electrons. The van der Waals surface area contributed by atoms with Crippen molar-refractivity contribution >= 4 is 0 Å². The maximum atomic E-state index is 9.62. The molecule has 3 heteroatoms. The standard InChI is InChI=1S/C12H16O3/c1-8(13)10-4-3-5-11(14-2)12(10)15-9-6-7-9/h3-5,8-9,13H,6-7H2,1-2H3. The van der Waals surface area contributed by atoms with Gasteiger partial charge in [-0.15, -0.1) is 0 Å². The van der Waals surface area contributed by atoms with E-state index >= 15 is 0 Å². The molecule has 0 spiro atoms. The topological polar surface area (TPSA) is 38.7 Å². The third kappa shape index (κ3) is 2.23. The molecule has 1 aromatic rings. The van der Waals surface area contributed by atoms with Crippen LogP contribution in [0.15, 0.2) is 18.2 Å². The zero-order valence-electron chi connectivity index (χ0n) is 9.06. The Bertz CT molecular complexity index is 343. The molecule has 0 aromatic heterocycles. The molecule has 1 aliphatic carbocycles. The third-order valence-electron chi connectivity index (χ3n) is 2.49. The summed E-state index contributed by atoms with van der Waals surface area (Å²) in [5.41, 5.74) is 0.793. The van der Waals surface area contributed by atoms with Crippen LogP contribution in [0.25, 0.3) is 0 Å². The van der Waals surface area contributed by atoms with Crippen molar-refractivity contribution in [3.8, 4) is 11.5 Å². The highest BCUT2D eigenvalue weighted by molar-refractivity contribution is 5.47. The molecule has 1 atom stereocenters. The number of ether oxygens (including phenoxy) is 2. The Morgan fingerprint density at radius 3 is 2.67 bits per heavy atom. The van der Waals surface area contributed by atoms with Gasteiger partial charge >= 0.3 is 0 Å². The summed E-state index contributed by atoms with van der Waals surface area (Å²) >= 11 is 0. The molecular weight excluding hydrogens is 192 g/mol. The molecule has 0 radical (unpaired) electrons. The first kappa shape index (κ1) is 10.3. The third-order valence-corrected chi connectivity index (χ3v) is 2.49. The molecule has 0 saturated heterocycles. The van der Waals surface area contributed by atoms with E-state index in [1.807, 2.05) is 18.2 Å². The minimum atomic E-state index is -0.533. The number of aliphatic hydroxyl groups excluding tert-OH is 1. The van der Waals surface area contributed by atoms with Gasteiger partial charge in [0.05, 0.1) is 19.3 Å². The van der Waals surface area contributed by atoms with Crippen LogP contribution in [0.4, 0.5) is 0 Å². The van der Waals surface area contributed by atoms with E-state index in [4.69, 9.17) is 9.47 Å². The number of benzene rings is 1. The molecule has 15 heavy (non-hydrogen) atoms. The monoisotopic (exact) mass is 208 g/mol. The van der Waals surface area contributed by atoms with Crippen LogP contribution in [0.2, 0.25) is 0 Å². The smallest absolute Gasteiger partial charge is 0.167 e. The van der Waals surface area contributed by atoms with Crippen molar-refractivity contribution in [3.05, 3.63) is 23.8 Å².